The number of halogens is 2. The van der Waals surface area contributed by atoms with E-state index in [0.717, 1.165) is 77.5 Å². The Bertz CT molecular complexity index is 2750. The molecule has 542 valence electrons. The molecule has 0 aliphatic carbocycles. The number of amides is 2. The van der Waals surface area contributed by atoms with Gasteiger partial charge in [0.2, 0.25) is 32.1 Å². The van der Waals surface area contributed by atoms with Crippen LogP contribution in [0.15, 0.2) is 90.9 Å². The molecular formula is C74H122Cl2N10O8S2. The Hall–Kier alpha value is -4.54. The Balaban J connectivity index is 1.58. The zero-order chi connectivity index (χ0) is 70.4. The molecule has 0 aliphatic heterocycles. The normalized spacial score (nSPS) is 12.9. The lowest BCUT2D eigenvalue weighted by atomic mass is 10.0. The predicted octanol–water partition coefficient (Wildman–Crippen LogP) is 19.5. The SMILES string of the molecule is CCCCCCCCCCCCCCCCCCN(CCN(CC)CC)S(=O)(=O)c1ccc(N=NC(C(C)=O)C(=O)Nc2cc(Cl)c(NC(=O)C(N=Nc3ccc(S(=O)(=O)N(CCCCCCCCCCCCCCCCCC)CCN(CC)CC)cc3)C(C)=O)cc2Cl)cc1. The van der Waals surface area contributed by atoms with Gasteiger partial charge in [0.15, 0.2) is 11.6 Å². The quantitative estimate of drug-likeness (QED) is 0.0309. The predicted molar refractivity (Wildman–Crippen MR) is 397 cm³/mol. The van der Waals surface area contributed by atoms with Crippen LogP contribution in [0.4, 0.5) is 22.7 Å². The molecule has 0 spiro atoms. The van der Waals surface area contributed by atoms with E-state index in [-0.39, 0.29) is 42.6 Å². The summed E-state index contributed by atoms with van der Waals surface area (Å²) in [7, 11) is -7.75. The van der Waals surface area contributed by atoms with Gasteiger partial charge >= 0.3 is 0 Å². The standard InChI is InChI=1S/C74H122Cl2N10O8S2/c1-9-15-17-19-21-23-25-27-29-31-33-35-37-39-41-43-53-85(57-55-83(11-3)12-4)95(91,92)65-49-45-63(46-50-65)79-81-71(61(7)87)73(89)77-69-59-68(76)70(60-67(69)75)78-74(90)72(62(8)88)82-80-64-47-51-66(52-48-64)96(93,94)86(58-56-84(13-5)14-6)54-44-42-40-38-36-34-32-30-28-26-24-22-20-18-16-10-2/h45-52,59-60,71-72H,9-44,53-58H2,1-8H3,(H,77,89)(H,78,90). The van der Waals surface area contributed by atoms with E-state index < -0.39 is 55.5 Å². The second kappa shape index (κ2) is 50.7. The van der Waals surface area contributed by atoms with Crippen LogP contribution in [-0.4, -0.2) is 136 Å². The van der Waals surface area contributed by atoms with Crippen LogP contribution >= 0.6 is 23.2 Å². The number of rotatable bonds is 58. The van der Waals surface area contributed by atoms with Gasteiger partial charge in [0.05, 0.1) is 42.6 Å². The molecule has 0 heterocycles. The molecule has 0 bridgehead atoms. The van der Waals surface area contributed by atoms with Gasteiger partial charge in [0.25, 0.3) is 11.8 Å². The monoisotopic (exact) mass is 1410 g/mol. The van der Waals surface area contributed by atoms with Crippen molar-refractivity contribution in [1.82, 2.24) is 18.4 Å². The van der Waals surface area contributed by atoms with Gasteiger partial charge in [-0.1, -0.05) is 257 Å². The molecule has 0 saturated heterocycles. The Morgan fingerprint density at radius 3 is 0.865 bits per heavy atom. The molecule has 0 aliphatic rings. The van der Waals surface area contributed by atoms with Crippen molar-refractivity contribution in [1.29, 1.82) is 0 Å². The lowest BCUT2D eigenvalue weighted by Crippen LogP contribution is -2.39. The first-order valence-corrected chi connectivity index (χ1v) is 40.5. The number of ketones is 2. The van der Waals surface area contributed by atoms with Gasteiger partial charge in [-0.05, 0) is 114 Å². The Labute approximate surface area is 590 Å². The molecule has 22 heteroatoms. The summed E-state index contributed by atoms with van der Waals surface area (Å²) in [4.78, 5) is 57.4. The van der Waals surface area contributed by atoms with Crippen LogP contribution in [0, 0.1) is 0 Å². The first-order valence-electron chi connectivity index (χ1n) is 36.9. The summed E-state index contributed by atoms with van der Waals surface area (Å²) in [6, 6.07) is 10.9. The van der Waals surface area contributed by atoms with E-state index in [1.165, 1.54) is 229 Å². The van der Waals surface area contributed by atoms with Crippen molar-refractivity contribution in [2.45, 2.75) is 283 Å². The van der Waals surface area contributed by atoms with Crippen LogP contribution in [0.2, 0.25) is 10.0 Å². The molecule has 0 saturated carbocycles. The fraction of sp³-hybridized carbons (Fsp3) is 0.703. The fourth-order valence-electron chi connectivity index (χ4n) is 11.7. The highest BCUT2D eigenvalue weighted by molar-refractivity contribution is 7.89. The third kappa shape index (κ3) is 34.0. The number of nitrogens with zero attached hydrogens (tertiary/aromatic N) is 8. The minimum Gasteiger partial charge on any atom is -0.322 e. The lowest BCUT2D eigenvalue weighted by molar-refractivity contribution is -0.127. The number of Topliss-reactive ketones (excluding diaryl/α,β-unsaturated/α-hetero) is 2. The van der Waals surface area contributed by atoms with E-state index in [9.17, 15) is 36.0 Å². The van der Waals surface area contributed by atoms with E-state index in [1.807, 2.05) is 0 Å². The summed E-state index contributed by atoms with van der Waals surface area (Å²) in [6.45, 7) is 21.1. The van der Waals surface area contributed by atoms with Gasteiger partial charge in [0.1, 0.15) is 0 Å². The molecule has 2 unspecified atom stereocenters. The summed E-state index contributed by atoms with van der Waals surface area (Å²) in [5.74, 6) is -3.07. The van der Waals surface area contributed by atoms with E-state index in [4.69, 9.17) is 23.2 Å². The molecule has 3 aromatic carbocycles. The van der Waals surface area contributed by atoms with Crippen molar-refractivity contribution < 1.29 is 36.0 Å². The summed E-state index contributed by atoms with van der Waals surface area (Å²) in [6.07, 6.45) is 39.6. The van der Waals surface area contributed by atoms with Crippen LogP contribution in [0.5, 0.6) is 0 Å². The largest absolute Gasteiger partial charge is 0.322 e. The maximum Gasteiger partial charge on any atom is 0.258 e. The molecule has 2 atom stereocenters. The van der Waals surface area contributed by atoms with Gasteiger partial charge in [-0.3, -0.25) is 19.2 Å². The maximum atomic E-state index is 14.1. The van der Waals surface area contributed by atoms with Gasteiger partial charge in [-0.25, -0.2) is 16.8 Å². The van der Waals surface area contributed by atoms with Crippen LogP contribution in [-0.2, 0) is 39.2 Å². The zero-order valence-corrected chi connectivity index (χ0v) is 63.2. The molecule has 2 amide bonds. The topological polar surface area (TPSA) is 223 Å². The van der Waals surface area contributed by atoms with E-state index >= 15 is 0 Å². The molecule has 3 rings (SSSR count). The van der Waals surface area contributed by atoms with E-state index in [1.54, 1.807) is 8.61 Å². The average Bonchev–Trinajstić information content (AvgIpc) is 1.04. The van der Waals surface area contributed by atoms with Crippen molar-refractivity contribution in [2.75, 3.05) is 76.1 Å². The number of nitrogens with one attached hydrogen (secondary N) is 2. The number of likely N-dealkylation sites (N-methyl/N-ethyl adjacent to an activating group) is 2. The molecule has 0 aromatic heterocycles. The van der Waals surface area contributed by atoms with E-state index in [2.05, 4.69) is 82.4 Å². The van der Waals surface area contributed by atoms with Gasteiger partial charge in [-0.15, -0.1) is 0 Å². The van der Waals surface area contributed by atoms with Crippen LogP contribution in [0.25, 0.3) is 0 Å². The average molecular weight is 1410 g/mol. The molecule has 3 aromatic rings. The van der Waals surface area contributed by atoms with Crippen molar-refractivity contribution in [3.05, 3.63) is 70.7 Å². The Morgan fingerprint density at radius 2 is 0.625 bits per heavy atom. The summed E-state index contributed by atoms with van der Waals surface area (Å²) < 4.78 is 59.7. The van der Waals surface area contributed by atoms with Gasteiger partial charge in [-0.2, -0.15) is 29.1 Å². The van der Waals surface area contributed by atoms with Gasteiger partial charge < -0.3 is 20.4 Å². The minimum atomic E-state index is -3.87. The number of unbranched alkanes of at least 4 members (excludes halogenated alkanes) is 30. The summed E-state index contributed by atoms with van der Waals surface area (Å²) >= 11 is 13.2. The number of hydrogen-bond donors (Lipinski definition) is 2. The molecule has 0 radical (unpaired) electrons. The number of carbonyl (C=O) groups is 4. The summed E-state index contributed by atoms with van der Waals surface area (Å²) in [5.41, 5.74) is 0.388. The smallest absolute Gasteiger partial charge is 0.258 e. The third-order valence-electron chi connectivity index (χ3n) is 18.0. The van der Waals surface area contributed by atoms with Crippen LogP contribution < -0.4 is 10.6 Å². The molecule has 0 fully saturated rings. The Kier molecular flexibility index (Phi) is 45.3. The molecule has 2 N–H and O–H groups in total. The first kappa shape index (κ1) is 85.7. The second-order valence-corrected chi connectivity index (χ2v) is 30.4. The fourth-order valence-corrected chi connectivity index (χ4v) is 15.0. The van der Waals surface area contributed by atoms with Crippen LogP contribution in [0.1, 0.15) is 261 Å². The Morgan fingerprint density at radius 1 is 0.375 bits per heavy atom. The summed E-state index contributed by atoms with van der Waals surface area (Å²) in [5, 5.41) is 21.3. The number of carbonyl (C=O) groups excluding carboxylic acids is 4. The number of sulfonamides is 2. The van der Waals surface area contributed by atoms with Crippen molar-refractivity contribution in [3.63, 3.8) is 0 Å². The van der Waals surface area contributed by atoms with Crippen molar-refractivity contribution in [3.8, 4) is 0 Å². The van der Waals surface area contributed by atoms with Crippen molar-refractivity contribution >= 4 is 89.4 Å². The number of azo groups is 2. The number of hydrogen-bond acceptors (Lipinski definition) is 14. The maximum absolute atomic E-state index is 14.1. The molecule has 96 heavy (non-hydrogen) atoms. The zero-order valence-electron chi connectivity index (χ0n) is 60.0. The number of benzene rings is 3. The lowest BCUT2D eigenvalue weighted by Gasteiger charge is -2.26. The minimum absolute atomic E-state index is 0.0219. The highest BCUT2D eigenvalue weighted by Gasteiger charge is 2.29. The highest BCUT2D eigenvalue weighted by Crippen LogP contribution is 2.34. The van der Waals surface area contributed by atoms with Crippen LogP contribution in [0.3, 0.4) is 0 Å². The molecular weight excluding hydrogens is 1290 g/mol. The third-order valence-corrected chi connectivity index (χ3v) is 22.5. The van der Waals surface area contributed by atoms with Gasteiger partial charge in [0, 0.05) is 39.3 Å². The second-order valence-electron chi connectivity index (χ2n) is 25.7. The highest BCUT2D eigenvalue weighted by atomic mass is 35.5. The van der Waals surface area contributed by atoms with Crippen molar-refractivity contribution in [2.24, 2.45) is 20.5 Å². The molecule has 18 nitrogen and oxygen atoms in total. The first-order chi connectivity index (χ1) is 46.3. The van der Waals surface area contributed by atoms with E-state index in [0.29, 0.717) is 39.3 Å². The number of anilines is 2.